The van der Waals surface area contributed by atoms with Crippen molar-refractivity contribution in [2.75, 3.05) is 0 Å². The van der Waals surface area contributed by atoms with Crippen molar-refractivity contribution in [3.63, 3.8) is 0 Å². The van der Waals surface area contributed by atoms with Gasteiger partial charge in [0.25, 0.3) is 0 Å². The first-order valence-corrected chi connectivity index (χ1v) is 35.1. The molecule has 0 saturated heterocycles. The lowest BCUT2D eigenvalue weighted by Crippen LogP contribution is -2.05. The van der Waals surface area contributed by atoms with Crippen LogP contribution in [0.15, 0.2) is 328 Å². The van der Waals surface area contributed by atoms with Gasteiger partial charge in [0.1, 0.15) is 0 Å². The minimum atomic E-state index is 0.583. The summed E-state index contributed by atoms with van der Waals surface area (Å²) in [7, 11) is 0. The Bertz CT molecular complexity index is 6560. The number of fused-ring (bicyclic) bond motifs is 12. The van der Waals surface area contributed by atoms with Crippen LogP contribution >= 0.6 is 22.7 Å². The minimum absolute atomic E-state index is 0.583. The Morgan fingerprint density at radius 1 is 0.180 bits per heavy atom. The summed E-state index contributed by atoms with van der Waals surface area (Å²) in [5.41, 5.74) is 18.4. The second kappa shape index (κ2) is 23.5. The molecule has 0 saturated carbocycles. The lowest BCUT2D eigenvalue weighted by Gasteiger charge is -2.19. The fourth-order valence-corrected chi connectivity index (χ4v) is 17.1. The van der Waals surface area contributed by atoms with Crippen LogP contribution in [0.25, 0.3) is 197 Å². The molecule has 0 radical (unpaired) electrons. The normalized spacial score (nSPS) is 11.8. The van der Waals surface area contributed by atoms with Gasteiger partial charge in [0.05, 0.1) is 33.4 Å². The Hall–Kier alpha value is -12.9. The van der Waals surface area contributed by atoms with E-state index in [4.69, 9.17) is 29.9 Å². The number of hydrogen-bond donors (Lipinski definition) is 0. The van der Waals surface area contributed by atoms with Gasteiger partial charge in [0.2, 0.25) is 0 Å². The topological polar surface area (TPSA) is 87.2 Å². The molecule has 0 unspecified atom stereocenters. The van der Waals surface area contributed by atoms with Crippen LogP contribution in [0.3, 0.4) is 0 Å². The second-order valence-electron chi connectivity index (χ2n) is 25.3. The highest BCUT2D eigenvalue weighted by Crippen LogP contribution is 2.48. The maximum Gasteiger partial charge on any atom is 0.166 e. The second-order valence-corrected chi connectivity index (χ2v) is 27.4. The van der Waals surface area contributed by atoms with Gasteiger partial charge in [-0.3, -0.25) is 0 Å². The van der Waals surface area contributed by atoms with Crippen LogP contribution in [0.1, 0.15) is 0 Å². The molecule has 0 bridgehead atoms. The highest BCUT2D eigenvalue weighted by molar-refractivity contribution is 7.26. The molecule has 14 aromatic carbocycles. The molecule has 0 amide bonds. The first kappa shape index (κ1) is 57.4. The largest absolute Gasteiger partial charge is 0.308 e. The smallest absolute Gasteiger partial charge is 0.166 e. The third-order valence-corrected chi connectivity index (χ3v) is 21.7. The molecule has 466 valence electrons. The van der Waals surface area contributed by atoms with Gasteiger partial charge in [-0.1, -0.05) is 267 Å². The average molecular weight is 1310 g/mol. The van der Waals surface area contributed by atoms with E-state index in [9.17, 15) is 0 Å². The molecule has 20 aromatic rings. The van der Waals surface area contributed by atoms with Crippen molar-refractivity contribution >= 4 is 107 Å². The molecule has 0 N–H and O–H groups in total. The Balaban J connectivity index is 0.718. The van der Waals surface area contributed by atoms with Gasteiger partial charge >= 0.3 is 0 Å². The molecule has 6 heterocycles. The van der Waals surface area contributed by atoms with E-state index >= 15 is 0 Å². The van der Waals surface area contributed by atoms with Gasteiger partial charge < -0.3 is 9.13 Å². The molecular weight excluding hydrogens is 1260 g/mol. The number of aromatic nitrogens is 8. The summed E-state index contributed by atoms with van der Waals surface area (Å²) in [5, 5.41) is 9.64. The van der Waals surface area contributed by atoms with E-state index in [0.717, 1.165) is 106 Å². The van der Waals surface area contributed by atoms with Crippen LogP contribution in [0.2, 0.25) is 0 Å². The van der Waals surface area contributed by atoms with Crippen molar-refractivity contribution in [1.82, 2.24) is 39.0 Å². The van der Waals surface area contributed by atoms with Gasteiger partial charge in [-0.05, 0) is 82.9 Å². The first-order chi connectivity index (χ1) is 49.6. The lowest BCUT2D eigenvalue weighted by molar-refractivity contribution is 1.06. The highest BCUT2D eigenvalue weighted by atomic mass is 32.1. The van der Waals surface area contributed by atoms with Crippen LogP contribution in [0.4, 0.5) is 0 Å². The highest BCUT2D eigenvalue weighted by Gasteiger charge is 2.27. The van der Waals surface area contributed by atoms with E-state index in [1.165, 1.54) is 56.5 Å². The average Bonchev–Trinajstić information content (AvgIpc) is 1.57. The quantitative estimate of drug-likeness (QED) is 0.128. The summed E-state index contributed by atoms with van der Waals surface area (Å²) < 4.78 is 9.84. The fraction of sp³-hybridized carbons (Fsp3) is 0. The molecule has 0 spiro atoms. The molecule has 0 fully saturated rings. The van der Waals surface area contributed by atoms with Gasteiger partial charge in [0.15, 0.2) is 34.9 Å². The van der Waals surface area contributed by atoms with Gasteiger partial charge in [-0.25, -0.2) is 29.9 Å². The van der Waals surface area contributed by atoms with Crippen molar-refractivity contribution < 1.29 is 0 Å². The van der Waals surface area contributed by atoms with Crippen molar-refractivity contribution in [2.24, 2.45) is 0 Å². The standard InChI is InChI=1S/C90H54N8S2/c1-6-24-56(25-7-1)63-37-22-39-69(83(63)97-76-42-20-17-35-66(76)72-53-81-74(52-77(72)97)67-36-18-21-43-79(67)99-81)90-95-87(60-32-14-5-15-33-60)92-88(96-90)61-46-44-55(45-47-61)62-48-49-68-73-51-71-65-34-16-19-41-75(65)98(78(71)54-82(73)100-80(68)50-62)84-64(57-26-8-2-9-27-57)38-23-40-70(84)89-93-85(58-28-10-3-11-29-58)91-86(94-89)59-30-12-4-13-31-59/h1-54H. The first-order valence-electron chi connectivity index (χ1n) is 33.5. The van der Waals surface area contributed by atoms with Gasteiger partial charge in [-0.15, -0.1) is 22.7 Å². The molecular formula is C90H54N8S2. The fourth-order valence-electron chi connectivity index (χ4n) is 14.8. The van der Waals surface area contributed by atoms with E-state index in [-0.39, 0.29) is 0 Å². The molecule has 6 aromatic heterocycles. The molecule has 100 heavy (non-hydrogen) atoms. The molecule has 0 aliphatic rings. The van der Waals surface area contributed by atoms with Crippen molar-refractivity contribution in [2.45, 2.75) is 0 Å². The number of thiophene rings is 2. The van der Waals surface area contributed by atoms with E-state index < -0.39 is 0 Å². The van der Waals surface area contributed by atoms with Crippen molar-refractivity contribution in [3.8, 4) is 113 Å². The molecule has 0 atom stereocenters. The minimum Gasteiger partial charge on any atom is -0.308 e. The maximum absolute atomic E-state index is 5.51. The predicted octanol–water partition coefficient (Wildman–Crippen LogP) is 24.0. The molecule has 8 nitrogen and oxygen atoms in total. The summed E-state index contributed by atoms with van der Waals surface area (Å²) in [4.78, 5) is 32.0. The zero-order valence-electron chi connectivity index (χ0n) is 53.6. The summed E-state index contributed by atoms with van der Waals surface area (Å²) in [5.74, 6) is 3.58. The van der Waals surface area contributed by atoms with Gasteiger partial charge in [0, 0.05) is 106 Å². The van der Waals surface area contributed by atoms with E-state index in [0.29, 0.717) is 34.9 Å². The summed E-state index contributed by atoms with van der Waals surface area (Å²) in [6.07, 6.45) is 0. The SMILES string of the molecule is c1ccc(-c2nc(-c3ccccc3)nc(-c3cccc(-c4ccccc4)c3-n3c4ccccc4c4cc5c(cc43)sc3cc(-c4ccc(-c6nc(-c7ccccc7)nc(-c7cccc(-c8ccccc8)c7-n7c8ccccc8c8cc9sc%10ccccc%10c9cc87)n6)cc4)ccc35)n2)cc1. The van der Waals surface area contributed by atoms with Crippen molar-refractivity contribution in [3.05, 3.63) is 328 Å². The van der Waals surface area contributed by atoms with Crippen molar-refractivity contribution in [1.29, 1.82) is 0 Å². The Kier molecular flexibility index (Phi) is 13.5. The summed E-state index contributed by atoms with van der Waals surface area (Å²) in [6, 6.07) is 117. The van der Waals surface area contributed by atoms with Crippen LogP contribution in [0, 0.1) is 0 Å². The number of para-hydroxylation sites is 4. The third-order valence-electron chi connectivity index (χ3n) is 19.5. The van der Waals surface area contributed by atoms with Crippen LogP contribution in [-0.2, 0) is 0 Å². The van der Waals surface area contributed by atoms with E-state index in [1.54, 1.807) is 0 Å². The number of rotatable bonds is 11. The number of benzene rings is 14. The zero-order chi connectivity index (χ0) is 65.8. The summed E-state index contributed by atoms with van der Waals surface area (Å²) in [6.45, 7) is 0. The molecule has 20 rings (SSSR count). The van der Waals surface area contributed by atoms with Gasteiger partial charge in [-0.2, -0.15) is 0 Å². The molecule has 0 aliphatic heterocycles. The lowest BCUT2D eigenvalue weighted by atomic mass is 9.98. The zero-order valence-corrected chi connectivity index (χ0v) is 55.2. The van der Waals surface area contributed by atoms with E-state index in [1.807, 2.05) is 77.3 Å². The number of nitrogens with zero attached hydrogens (tertiary/aromatic N) is 8. The van der Waals surface area contributed by atoms with Crippen LogP contribution in [0.5, 0.6) is 0 Å². The Morgan fingerprint density at radius 2 is 0.530 bits per heavy atom. The maximum atomic E-state index is 5.51. The number of hydrogen-bond acceptors (Lipinski definition) is 8. The molecule has 10 heteroatoms. The Morgan fingerprint density at radius 3 is 1.05 bits per heavy atom. The molecule has 0 aliphatic carbocycles. The monoisotopic (exact) mass is 1310 g/mol. The predicted molar refractivity (Wildman–Crippen MR) is 417 cm³/mol. The summed E-state index contributed by atoms with van der Waals surface area (Å²) >= 11 is 3.67. The van der Waals surface area contributed by atoms with Crippen LogP contribution < -0.4 is 0 Å². The van der Waals surface area contributed by atoms with Crippen LogP contribution in [-0.4, -0.2) is 39.0 Å². The Labute approximate surface area is 582 Å². The third kappa shape index (κ3) is 9.56. The van der Waals surface area contributed by atoms with E-state index in [2.05, 4.69) is 282 Å².